The molecule has 2 heterocycles. The Morgan fingerprint density at radius 1 is 1.50 bits per heavy atom. The first kappa shape index (κ1) is 11.9. The Labute approximate surface area is 101 Å². The molecule has 1 fully saturated rings. The van der Waals surface area contributed by atoms with Crippen molar-refractivity contribution in [1.29, 1.82) is 0 Å². The summed E-state index contributed by atoms with van der Waals surface area (Å²) >= 11 is 2.00. The van der Waals surface area contributed by atoms with Crippen molar-refractivity contribution < 1.29 is 5.11 Å². The van der Waals surface area contributed by atoms with Gasteiger partial charge in [-0.3, -0.25) is 4.98 Å². The maximum Gasteiger partial charge on any atom is 0.0915 e. The van der Waals surface area contributed by atoms with E-state index in [1.54, 1.807) is 12.4 Å². The van der Waals surface area contributed by atoms with E-state index in [-0.39, 0.29) is 0 Å². The van der Waals surface area contributed by atoms with Gasteiger partial charge in [-0.2, -0.15) is 11.8 Å². The lowest BCUT2D eigenvalue weighted by atomic mass is 10.1. The molecule has 3 nitrogen and oxygen atoms in total. The molecular formula is C12H18N2OS. The Kier molecular flexibility index (Phi) is 4.63. The van der Waals surface area contributed by atoms with Crippen LogP contribution in [0.5, 0.6) is 0 Å². The topological polar surface area (TPSA) is 45.1 Å². The van der Waals surface area contributed by atoms with Crippen molar-refractivity contribution in [3.63, 3.8) is 0 Å². The van der Waals surface area contributed by atoms with E-state index in [1.807, 2.05) is 23.9 Å². The number of rotatable bonds is 4. The van der Waals surface area contributed by atoms with Gasteiger partial charge in [-0.05, 0) is 36.3 Å². The van der Waals surface area contributed by atoms with Crippen LogP contribution in [0.4, 0.5) is 0 Å². The molecule has 1 aliphatic heterocycles. The van der Waals surface area contributed by atoms with Crippen molar-refractivity contribution in [3.05, 3.63) is 30.1 Å². The van der Waals surface area contributed by atoms with Crippen LogP contribution in [-0.4, -0.2) is 34.2 Å². The zero-order valence-electron chi connectivity index (χ0n) is 9.30. The summed E-state index contributed by atoms with van der Waals surface area (Å²) in [5.74, 6) is 2.45. The summed E-state index contributed by atoms with van der Waals surface area (Å²) in [6.45, 7) is 0.634. The second kappa shape index (κ2) is 6.23. The molecule has 0 aliphatic carbocycles. The van der Waals surface area contributed by atoms with Crippen molar-refractivity contribution in [2.45, 2.75) is 25.0 Å². The van der Waals surface area contributed by atoms with Gasteiger partial charge in [0.25, 0.3) is 0 Å². The number of aliphatic hydroxyl groups is 1. The van der Waals surface area contributed by atoms with Gasteiger partial charge in [0, 0.05) is 30.7 Å². The Hall–Kier alpha value is -0.580. The fourth-order valence-electron chi connectivity index (χ4n) is 1.88. The maximum atomic E-state index is 9.95. The van der Waals surface area contributed by atoms with E-state index in [0.717, 1.165) is 5.56 Å². The van der Waals surface area contributed by atoms with Gasteiger partial charge in [-0.1, -0.05) is 0 Å². The van der Waals surface area contributed by atoms with E-state index in [2.05, 4.69) is 10.3 Å². The molecule has 0 amide bonds. The molecule has 16 heavy (non-hydrogen) atoms. The van der Waals surface area contributed by atoms with E-state index in [1.165, 1.54) is 24.3 Å². The molecule has 1 aliphatic rings. The number of nitrogens with zero attached hydrogens (tertiary/aromatic N) is 1. The lowest BCUT2D eigenvalue weighted by Gasteiger charge is -2.24. The summed E-state index contributed by atoms with van der Waals surface area (Å²) in [6, 6.07) is 4.29. The molecule has 2 N–H and O–H groups in total. The number of hydrogen-bond acceptors (Lipinski definition) is 4. The number of thioether (sulfide) groups is 1. The SMILES string of the molecule is O[C@@H](CN[C@H]1CCCSC1)c1ccncc1. The standard InChI is InChI=1S/C12H18N2OS/c15-12(10-3-5-13-6-4-10)8-14-11-2-1-7-16-9-11/h3-6,11-12,14-15H,1-2,7-9H2/t11-,12-/m0/s1. The summed E-state index contributed by atoms with van der Waals surface area (Å²) < 4.78 is 0. The summed E-state index contributed by atoms with van der Waals surface area (Å²) in [6.07, 6.45) is 5.53. The number of aliphatic hydroxyl groups excluding tert-OH is 1. The van der Waals surface area contributed by atoms with Gasteiger partial charge in [0.05, 0.1) is 6.10 Å². The third-order valence-electron chi connectivity index (χ3n) is 2.85. The molecule has 0 aromatic carbocycles. The monoisotopic (exact) mass is 238 g/mol. The molecule has 1 saturated heterocycles. The minimum Gasteiger partial charge on any atom is -0.387 e. The Bertz CT molecular complexity index is 301. The molecule has 0 bridgehead atoms. The summed E-state index contributed by atoms with van der Waals surface area (Å²) in [5.41, 5.74) is 0.936. The second-order valence-electron chi connectivity index (χ2n) is 4.12. The highest BCUT2D eigenvalue weighted by Gasteiger charge is 2.15. The van der Waals surface area contributed by atoms with E-state index < -0.39 is 6.10 Å². The van der Waals surface area contributed by atoms with Crippen molar-refractivity contribution in [1.82, 2.24) is 10.3 Å². The molecule has 0 spiro atoms. The van der Waals surface area contributed by atoms with E-state index >= 15 is 0 Å². The predicted octanol–water partition coefficient (Wildman–Crippen LogP) is 1.60. The van der Waals surface area contributed by atoms with Gasteiger partial charge >= 0.3 is 0 Å². The number of nitrogens with one attached hydrogen (secondary N) is 1. The molecular weight excluding hydrogens is 220 g/mol. The smallest absolute Gasteiger partial charge is 0.0915 e. The first-order valence-electron chi connectivity index (χ1n) is 5.75. The largest absolute Gasteiger partial charge is 0.387 e. The molecule has 88 valence electrons. The third-order valence-corrected chi connectivity index (χ3v) is 4.07. The fourth-order valence-corrected chi connectivity index (χ4v) is 2.99. The predicted molar refractivity (Wildman–Crippen MR) is 67.5 cm³/mol. The van der Waals surface area contributed by atoms with Crippen LogP contribution >= 0.6 is 11.8 Å². The van der Waals surface area contributed by atoms with E-state index in [9.17, 15) is 5.11 Å². The molecule has 1 aromatic rings. The Morgan fingerprint density at radius 2 is 2.31 bits per heavy atom. The van der Waals surface area contributed by atoms with Crippen molar-refractivity contribution in [2.75, 3.05) is 18.1 Å². The third kappa shape index (κ3) is 3.47. The molecule has 0 unspecified atom stereocenters. The lowest BCUT2D eigenvalue weighted by molar-refractivity contribution is 0.170. The molecule has 0 saturated carbocycles. The van der Waals surface area contributed by atoms with Crippen LogP contribution in [0.25, 0.3) is 0 Å². The normalized spacial score (nSPS) is 22.9. The zero-order chi connectivity index (χ0) is 11.2. The minimum atomic E-state index is -0.421. The zero-order valence-corrected chi connectivity index (χ0v) is 10.1. The van der Waals surface area contributed by atoms with Crippen molar-refractivity contribution >= 4 is 11.8 Å². The summed E-state index contributed by atoms with van der Waals surface area (Å²) in [5, 5.41) is 13.4. The molecule has 2 rings (SSSR count). The average Bonchev–Trinajstić information content (AvgIpc) is 2.38. The molecule has 0 radical (unpaired) electrons. The first-order valence-corrected chi connectivity index (χ1v) is 6.91. The first-order chi connectivity index (χ1) is 7.86. The maximum absolute atomic E-state index is 9.95. The fraction of sp³-hybridized carbons (Fsp3) is 0.583. The molecule has 4 heteroatoms. The van der Waals surface area contributed by atoms with Crippen LogP contribution in [0.2, 0.25) is 0 Å². The Morgan fingerprint density at radius 3 is 3.00 bits per heavy atom. The highest BCUT2D eigenvalue weighted by molar-refractivity contribution is 7.99. The highest BCUT2D eigenvalue weighted by atomic mass is 32.2. The van der Waals surface area contributed by atoms with Crippen LogP contribution in [-0.2, 0) is 0 Å². The van der Waals surface area contributed by atoms with Crippen LogP contribution in [0, 0.1) is 0 Å². The second-order valence-corrected chi connectivity index (χ2v) is 5.27. The average molecular weight is 238 g/mol. The van der Waals surface area contributed by atoms with Gasteiger partial charge in [0.15, 0.2) is 0 Å². The van der Waals surface area contributed by atoms with Crippen LogP contribution in [0.15, 0.2) is 24.5 Å². The summed E-state index contributed by atoms with van der Waals surface area (Å²) in [7, 11) is 0. The minimum absolute atomic E-state index is 0.421. The molecule has 1 aromatic heterocycles. The van der Waals surface area contributed by atoms with E-state index in [0.29, 0.717) is 12.6 Å². The number of hydrogen-bond donors (Lipinski definition) is 2. The van der Waals surface area contributed by atoms with Crippen LogP contribution < -0.4 is 5.32 Å². The van der Waals surface area contributed by atoms with Gasteiger partial charge in [-0.15, -0.1) is 0 Å². The lowest BCUT2D eigenvalue weighted by Crippen LogP contribution is -2.36. The van der Waals surface area contributed by atoms with E-state index in [4.69, 9.17) is 0 Å². The van der Waals surface area contributed by atoms with Crippen LogP contribution in [0.1, 0.15) is 24.5 Å². The van der Waals surface area contributed by atoms with Crippen LogP contribution in [0.3, 0.4) is 0 Å². The van der Waals surface area contributed by atoms with Crippen molar-refractivity contribution in [2.24, 2.45) is 0 Å². The summed E-state index contributed by atoms with van der Waals surface area (Å²) in [4.78, 5) is 3.94. The van der Waals surface area contributed by atoms with Gasteiger partial charge in [-0.25, -0.2) is 0 Å². The van der Waals surface area contributed by atoms with Crippen molar-refractivity contribution in [3.8, 4) is 0 Å². The van der Waals surface area contributed by atoms with Gasteiger partial charge < -0.3 is 10.4 Å². The number of aromatic nitrogens is 1. The van der Waals surface area contributed by atoms with Gasteiger partial charge in [0.1, 0.15) is 0 Å². The quantitative estimate of drug-likeness (QED) is 0.836. The Balaban J connectivity index is 1.77. The molecule has 2 atom stereocenters. The van der Waals surface area contributed by atoms with Gasteiger partial charge in [0.2, 0.25) is 0 Å². The number of pyridine rings is 1. The highest BCUT2D eigenvalue weighted by Crippen LogP contribution is 2.18.